The van der Waals surface area contributed by atoms with Crippen molar-refractivity contribution < 1.29 is 14.6 Å². The van der Waals surface area contributed by atoms with Gasteiger partial charge >= 0.3 is 0 Å². The minimum atomic E-state index is -0.884. The van der Waals surface area contributed by atoms with Crippen molar-refractivity contribution >= 4 is 50.5 Å². The number of hydrogen-bond donors (Lipinski definition) is 1. The van der Waals surface area contributed by atoms with E-state index in [0.29, 0.717) is 16.2 Å². The van der Waals surface area contributed by atoms with Crippen LogP contribution in [0.5, 0.6) is 0 Å². The first-order valence-electron chi connectivity index (χ1n) is 5.99. The fraction of sp³-hybridized carbons (Fsp3) is 0. The zero-order chi connectivity index (χ0) is 17.1. The number of nitro groups is 2. The van der Waals surface area contributed by atoms with Crippen LogP contribution in [0, 0.1) is 20.2 Å². The highest BCUT2D eigenvalue weighted by atomic mass is 79.9. The summed E-state index contributed by atoms with van der Waals surface area (Å²) in [4.78, 5) is 32.3. The molecule has 1 N–H and O–H groups in total. The summed E-state index contributed by atoms with van der Waals surface area (Å²) in [6.07, 6.45) is 0. The molecule has 0 atom stereocenters. The monoisotopic (exact) mass is 399 g/mol. The van der Waals surface area contributed by atoms with Gasteiger partial charge in [-0.3, -0.25) is 25.0 Å². The number of amides is 1. The summed E-state index contributed by atoms with van der Waals surface area (Å²) in [5.74, 6) is -0.792. The van der Waals surface area contributed by atoms with Crippen molar-refractivity contribution in [3.05, 3.63) is 71.7 Å². The number of hydrogen-bond acceptors (Lipinski definition) is 5. The predicted octanol–water partition coefficient (Wildman–Crippen LogP) is 4.17. The SMILES string of the molecule is O=C(Nc1cccc(Br)c1)c1cc([N+](=O)[O-])cc([N+](=O)[O-])c1Cl. The van der Waals surface area contributed by atoms with Gasteiger partial charge in [-0.05, 0) is 18.2 Å². The maximum Gasteiger partial charge on any atom is 0.295 e. The summed E-state index contributed by atoms with van der Waals surface area (Å²) in [6, 6.07) is 8.18. The van der Waals surface area contributed by atoms with Crippen molar-refractivity contribution in [3.63, 3.8) is 0 Å². The molecule has 0 bridgehead atoms. The Labute approximate surface area is 142 Å². The molecule has 118 valence electrons. The van der Waals surface area contributed by atoms with Gasteiger partial charge < -0.3 is 5.32 Å². The zero-order valence-corrected chi connectivity index (χ0v) is 13.5. The van der Waals surface area contributed by atoms with Gasteiger partial charge in [0, 0.05) is 16.2 Å². The van der Waals surface area contributed by atoms with Crippen LogP contribution in [0.3, 0.4) is 0 Å². The largest absolute Gasteiger partial charge is 0.322 e. The van der Waals surface area contributed by atoms with Crippen molar-refractivity contribution in [2.45, 2.75) is 0 Å². The van der Waals surface area contributed by atoms with E-state index in [-0.39, 0.29) is 5.56 Å². The van der Waals surface area contributed by atoms with Gasteiger partial charge in [0.05, 0.1) is 21.5 Å². The fourth-order valence-corrected chi connectivity index (χ4v) is 2.43. The average Bonchev–Trinajstić information content (AvgIpc) is 2.46. The van der Waals surface area contributed by atoms with E-state index in [1.165, 1.54) is 0 Å². The summed E-state index contributed by atoms with van der Waals surface area (Å²) in [5, 5.41) is 23.8. The molecule has 0 aromatic heterocycles. The van der Waals surface area contributed by atoms with Gasteiger partial charge in [0.2, 0.25) is 0 Å². The Balaban J connectivity index is 2.46. The van der Waals surface area contributed by atoms with E-state index in [1.54, 1.807) is 24.3 Å². The molecule has 2 rings (SSSR count). The molecule has 2 aromatic carbocycles. The van der Waals surface area contributed by atoms with E-state index in [0.717, 1.165) is 6.07 Å². The van der Waals surface area contributed by atoms with Gasteiger partial charge in [0.25, 0.3) is 17.3 Å². The number of carbonyl (C=O) groups is 1. The molecule has 0 saturated carbocycles. The molecule has 0 heterocycles. The van der Waals surface area contributed by atoms with Crippen molar-refractivity contribution in [1.82, 2.24) is 0 Å². The number of non-ortho nitro benzene ring substituents is 1. The second-order valence-electron chi connectivity index (χ2n) is 4.31. The zero-order valence-electron chi connectivity index (χ0n) is 11.2. The molecule has 0 radical (unpaired) electrons. The summed E-state index contributed by atoms with van der Waals surface area (Å²) in [7, 11) is 0. The molecular weight excluding hydrogens is 394 g/mol. The normalized spacial score (nSPS) is 10.2. The van der Waals surface area contributed by atoms with E-state index < -0.39 is 32.2 Å². The highest BCUT2D eigenvalue weighted by molar-refractivity contribution is 9.10. The lowest BCUT2D eigenvalue weighted by Crippen LogP contribution is -2.13. The van der Waals surface area contributed by atoms with Crippen LogP contribution in [0.25, 0.3) is 0 Å². The predicted molar refractivity (Wildman–Crippen MR) is 86.9 cm³/mol. The Morgan fingerprint density at radius 1 is 1.13 bits per heavy atom. The second-order valence-corrected chi connectivity index (χ2v) is 5.60. The van der Waals surface area contributed by atoms with Gasteiger partial charge in [-0.25, -0.2) is 0 Å². The van der Waals surface area contributed by atoms with Gasteiger partial charge in [-0.15, -0.1) is 0 Å². The molecule has 0 aliphatic heterocycles. The first-order valence-corrected chi connectivity index (χ1v) is 7.16. The number of anilines is 1. The van der Waals surface area contributed by atoms with Gasteiger partial charge in [0.15, 0.2) is 0 Å². The molecule has 2 aromatic rings. The van der Waals surface area contributed by atoms with Crippen LogP contribution in [0.15, 0.2) is 40.9 Å². The van der Waals surface area contributed by atoms with Gasteiger partial charge in [-0.1, -0.05) is 33.6 Å². The van der Waals surface area contributed by atoms with Crippen molar-refractivity contribution in [2.24, 2.45) is 0 Å². The minimum absolute atomic E-state index is 0.354. The fourth-order valence-electron chi connectivity index (χ4n) is 1.76. The number of carbonyl (C=O) groups excluding carboxylic acids is 1. The first kappa shape index (κ1) is 16.8. The Bertz CT molecular complexity index is 827. The van der Waals surface area contributed by atoms with E-state index >= 15 is 0 Å². The smallest absolute Gasteiger partial charge is 0.295 e. The number of halogens is 2. The average molecular weight is 401 g/mol. The molecule has 23 heavy (non-hydrogen) atoms. The van der Waals surface area contributed by atoms with Crippen molar-refractivity contribution in [1.29, 1.82) is 0 Å². The van der Waals surface area contributed by atoms with Crippen LogP contribution in [0.4, 0.5) is 17.1 Å². The third kappa shape index (κ3) is 3.82. The van der Waals surface area contributed by atoms with Crippen molar-refractivity contribution in [2.75, 3.05) is 5.32 Å². The van der Waals surface area contributed by atoms with Crippen molar-refractivity contribution in [3.8, 4) is 0 Å². The Hall–Kier alpha value is -2.52. The van der Waals surface area contributed by atoms with Crippen LogP contribution >= 0.6 is 27.5 Å². The molecular formula is C13H7BrClN3O5. The number of rotatable bonds is 4. The second kappa shape index (κ2) is 6.71. The van der Waals surface area contributed by atoms with E-state index in [1.807, 2.05) is 0 Å². The highest BCUT2D eigenvalue weighted by Gasteiger charge is 2.26. The van der Waals surface area contributed by atoms with E-state index in [9.17, 15) is 25.0 Å². The summed E-state index contributed by atoms with van der Waals surface area (Å²) in [6.45, 7) is 0. The van der Waals surface area contributed by atoms with Crippen LogP contribution in [-0.4, -0.2) is 15.8 Å². The first-order chi connectivity index (χ1) is 10.8. The number of nitrogens with one attached hydrogen (secondary N) is 1. The lowest BCUT2D eigenvalue weighted by molar-refractivity contribution is -0.394. The highest BCUT2D eigenvalue weighted by Crippen LogP contribution is 2.33. The maximum absolute atomic E-state index is 12.2. The molecule has 0 aliphatic carbocycles. The van der Waals surface area contributed by atoms with E-state index in [4.69, 9.17) is 11.6 Å². The summed E-state index contributed by atoms with van der Waals surface area (Å²) >= 11 is 9.07. The maximum atomic E-state index is 12.2. The molecule has 0 spiro atoms. The topological polar surface area (TPSA) is 115 Å². The van der Waals surface area contributed by atoms with Gasteiger partial charge in [-0.2, -0.15) is 0 Å². The molecule has 1 amide bonds. The number of benzene rings is 2. The Morgan fingerprint density at radius 3 is 2.39 bits per heavy atom. The Morgan fingerprint density at radius 2 is 1.83 bits per heavy atom. The van der Waals surface area contributed by atoms with Crippen LogP contribution in [0.2, 0.25) is 5.02 Å². The summed E-state index contributed by atoms with van der Waals surface area (Å²) < 4.78 is 0.700. The Kier molecular flexibility index (Phi) is 4.92. The third-order valence-corrected chi connectivity index (χ3v) is 3.66. The number of nitrogens with zero attached hydrogens (tertiary/aromatic N) is 2. The molecule has 8 nitrogen and oxygen atoms in total. The standard InChI is InChI=1S/C13H7BrClN3O5/c14-7-2-1-3-8(4-7)16-13(19)10-5-9(17(20)21)6-11(12(10)15)18(22)23/h1-6H,(H,16,19). The lowest BCUT2D eigenvalue weighted by atomic mass is 10.1. The minimum Gasteiger partial charge on any atom is -0.322 e. The molecule has 10 heteroatoms. The van der Waals surface area contributed by atoms with Crippen LogP contribution in [-0.2, 0) is 0 Å². The van der Waals surface area contributed by atoms with Crippen LogP contribution < -0.4 is 5.32 Å². The summed E-state index contributed by atoms with van der Waals surface area (Å²) in [5.41, 5.74) is -1.26. The van der Waals surface area contributed by atoms with Crippen LogP contribution in [0.1, 0.15) is 10.4 Å². The van der Waals surface area contributed by atoms with Gasteiger partial charge in [0.1, 0.15) is 5.02 Å². The molecule has 0 unspecified atom stereocenters. The molecule has 0 saturated heterocycles. The molecule has 0 fully saturated rings. The molecule has 0 aliphatic rings. The van der Waals surface area contributed by atoms with E-state index in [2.05, 4.69) is 21.2 Å². The third-order valence-electron chi connectivity index (χ3n) is 2.77. The quantitative estimate of drug-likeness (QED) is 0.611. The lowest BCUT2D eigenvalue weighted by Gasteiger charge is -2.07. The number of nitro benzene ring substituents is 2.